The molecule has 0 aliphatic carbocycles. The van der Waals surface area contributed by atoms with Crippen molar-refractivity contribution in [3.63, 3.8) is 0 Å². The monoisotopic (exact) mass is 349 g/mol. The quantitative estimate of drug-likeness (QED) is 0.560. The molecule has 0 saturated heterocycles. The zero-order chi connectivity index (χ0) is 17.4. The Kier molecular flexibility index (Phi) is 5.03. The minimum absolute atomic E-state index is 0.0700. The number of hydrogen-bond donors (Lipinski definition) is 0. The van der Waals surface area contributed by atoms with E-state index in [2.05, 4.69) is 58.6 Å². The highest BCUT2D eigenvalue weighted by molar-refractivity contribution is 6.45. The normalized spacial score (nSPS) is 12.3. The van der Waals surface area contributed by atoms with E-state index in [0.717, 1.165) is 16.8 Å². The first-order chi connectivity index (χ1) is 10.5. The Morgan fingerprint density at radius 1 is 0.696 bits per heavy atom. The molecule has 0 saturated carbocycles. The maximum atomic E-state index is 6.68. The zero-order valence-corrected chi connectivity index (χ0v) is 16.3. The molecule has 0 aliphatic heterocycles. The standard InChI is InChI=1S/C20H25Cl2N/c1-19(2,3)23(20(4,5)6)16-13-12-15(17(21)18(16)22)14-10-8-7-9-11-14/h7-13H,1-6H3. The molecular formula is C20H25Cl2N. The van der Waals surface area contributed by atoms with E-state index in [1.54, 1.807) is 0 Å². The fourth-order valence-corrected chi connectivity index (χ4v) is 3.80. The average molecular weight is 350 g/mol. The first-order valence-electron chi connectivity index (χ1n) is 7.87. The lowest BCUT2D eigenvalue weighted by Crippen LogP contribution is -2.53. The highest BCUT2D eigenvalue weighted by Gasteiger charge is 2.33. The van der Waals surface area contributed by atoms with Crippen LogP contribution in [-0.2, 0) is 0 Å². The lowest BCUT2D eigenvalue weighted by atomic mass is 9.94. The molecule has 23 heavy (non-hydrogen) atoms. The molecule has 2 rings (SSSR count). The number of nitrogens with zero attached hydrogens (tertiary/aromatic N) is 1. The second-order valence-corrected chi connectivity index (χ2v) is 8.56. The van der Waals surface area contributed by atoms with Crippen LogP contribution in [0.1, 0.15) is 41.5 Å². The Morgan fingerprint density at radius 3 is 1.70 bits per heavy atom. The summed E-state index contributed by atoms with van der Waals surface area (Å²) in [6.45, 7) is 13.1. The van der Waals surface area contributed by atoms with Crippen molar-refractivity contribution >= 4 is 28.9 Å². The molecule has 0 atom stereocenters. The highest BCUT2D eigenvalue weighted by atomic mass is 35.5. The van der Waals surface area contributed by atoms with Crippen LogP contribution in [0.25, 0.3) is 11.1 Å². The molecule has 0 aromatic heterocycles. The summed E-state index contributed by atoms with van der Waals surface area (Å²) in [5, 5.41) is 1.21. The van der Waals surface area contributed by atoms with Gasteiger partial charge in [-0.3, -0.25) is 0 Å². The Labute approximate surface area is 150 Å². The average Bonchev–Trinajstić information content (AvgIpc) is 2.42. The zero-order valence-electron chi connectivity index (χ0n) is 14.7. The summed E-state index contributed by atoms with van der Waals surface area (Å²) < 4.78 is 0. The molecule has 0 unspecified atom stereocenters. The SMILES string of the molecule is CC(C)(C)N(c1ccc(-c2ccccc2)c(Cl)c1Cl)C(C)(C)C. The van der Waals surface area contributed by atoms with E-state index in [4.69, 9.17) is 23.2 Å². The number of rotatable bonds is 2. The van der Waals surface area contributed by atoms with Crippen molar-refractivity contribution in [1.82, 2.24) is 0 Å². The molecule has 0 heterocycles. The molecular weight excluding hydrogens is 325 g/mol. The number of hydrogen-bond acceptors (Lipinski definition) is 1. The van der Waals surface area contributed by atoms with Crippen LogP contribution < -0.4 is 4.90 Å². The molecule has 124 valence electrons. The van der Waals surface area contributed by atoms with Crippen LogP contribution in [0.3, 0.4) is 0 Å². The van der Waals surface area contributed by atoms with Gasteiger partial charge in [-0.15, -0.1) is 0 Å². The van der Waals surface area contributed by atoms with Crippen LogP contribution in [-0.4, -0.2) is 11.1 Å². The van der Waals surface area contributed by atoms with Gasteiger partial charge in [-0.25, -0.2) is 0 Å². The second kappa shape index (κ2) is 6.37. The summed E-state index contributed by atoms with van der Waals surface area (Å²) in [5.74, 6) is 0. The molecule has 0 N–H and O–H groups in total. The van der Waals surface area contributed by atoms with Gasteiger partial charge in [0.05, 0.1) is 15.7 Å². The smallest absolute Gasteiger partial charge is 0.0832 e. The van der Waals surface area contributed by atoms with Crippen molar-refractivity contribution in [3.05, 3.63) is 52.5 Å². The van der Waals surface area contributed by atoms with E-state index in [-0.39, 0.29) is 11.1 Å². The maximum Gasteiger partial charge on any atom is 0.0832 e. The number of halogens is 2. The Hall–Kier alpha value is -1.18. The van der Waals surface area contributed by atoms with Crippen LogP contribution in [0.2, 0.25) is 10.0 Å². The molecule has 3 heteroatoms. The maximum absolute atomic E-state index is 6.68. The first kappa shape index (κ1) is 18.2. The summed E-state index contributed by atoms with van der Waals surface area (Å²) in [5.41, 5.74) is 2.86. The van der Waals surface area contributed by atoms with Crippen LogP contribution in [0.5, 0.6) is 0 Å². The third-order valence-electron chi connectivity index (χ3n) is 3.73. The second-order valence-electron chi connectivity index (χ2n) is 7.80. The van der Waals surface area contributed by atoms with E-state index in [0.29, 0.717) is 10.0 Å². The van der Waals surface area contributed by atoms with Gasteiger partial charge in [-0.05, 0) is 53.2 Å². The van der Waals surface area contributed by atoms with E-state index < -0.39 is 0 Å². The summed E-state index contributed by atoms with van der Waals surface area (Å²) in [6.07, 6.45) is 0. The largest absolute Gasteiger partial charge is 0.361 e. The van der Waals surface area contributed by atoms with Crippen molar-refractivity contribution in [2.75, 3.05) is 4.90 Å². The van der Waals surface area contributed by atoms with Gasteiger partial charge in [-0.2, -0.15) is 0 Å². The van der Waals surface area contributed by atoms with Gasteiger partial charge in [-0.1, -0.05) is 59.6 Å². The van der Waals surface area contributed by atoms with Crippen molar-refractivity contribution < 1.29 is 0 Å². The van der Waals surface area contributed by atoms with Gasteiger partial charge in [0.2, 0.25) is 0 Å². The number of benzene rings is 2. The molecule has 0 radical (unpaired) electrons. The lowest BCUT2D eigenvalue weighted by molar-refractivity contribution is 0.381. The number of anilines is 1. The summed E-state index contributed by atoms with van der Waals surface area (Å²) in [7, 11) is 0. The molecule has 0 fully saturated rings. The Bertz CT molecular complexity index is 665. The molecule has 1 nitrogen and oxygen atoms in total. The Balaban J connectivity index is 2.61. The molecule has 0 bridgehead atoms. The van der Waals surface area contributed by atoms with Gasteiger partial charge in [0.25, 0.3) is 0 Å². The fraction of sp³-hybridized carbons (Fsp3) is 0.400. The molecule has 0 amide bonds. The van der Waals surface area contributed by atoms with Crippen LogP contribution in [0.4, 0.5) is 5.69 Å². The lowest BCUT2D eigenvalue weighted by Gasteiger charge is -2.48. The minimum atomic E-state index is -0.0700. The van der Waals surface area contributed by atoms with Gasteiger partial charge in [0.15, 0.2) is 0 Å². The van der Waals surface area contributed by atoms with Crippen LogP contribution in [0.15, 0.2) is 42.5 Å². The minimum Gasteiger partial charge on any atom is -0.361 e. The first-order valence-corrected chi connectivity index (χ1v) is 8.63. The van der Waals surface area contributed by atoms with Crippen molar-refractivity contribution in [2.24, 2.45) is 0 Å². The summed E-state index contributed by atoms with van der Waals surface area (Å²) in [6, 6.07) is 14.2. The molecule has 0 aliphatic rings. The topological polar surface area (TPSA) is 3.24 Å². The summed E-state index contributed by atoms with van der Waals surface area (Å²) in [4.78, 5) is 2.32. The van der Waals surface area contributed by atoms with E-state index in [1.165, 1.54) is 0 Å². The van der Waals surface area contributed by atoms with Gasteiger partial charge in [0, 0.05) is 16.6 Å². The molecule has 2 aromatic carbocycles. The van der Waals surface area contributed by atoms with Crippen LogP contribution in [0, 0.1) is 0 Å². The van der Waals surface area contributed by atoms with Gasteiger partial charge in [0.1, 0.15) is 0 Å². The molecule has 2 aromatic rings. The van der Waals surface area contributed by atoms with E-state index >= 15 is 0 Å². The highest BCUT2D eigenvalue weighted by Crippen LogP contribution is 2.43. The fourth-order valence-electron chi connectivity index (χ4n) is 3.28. The summed E-state index contributed by atoms with van der Waals surface area (Å²) >= 11 is 13.3. The van der Waals surface area contributed by atoms with Gasteiger partial charge < -0.3 is 4.90 Å². The van der Waals surface area contributed by atoms with Crippen molar-refractivity contribution in [2.45, 2.75) is 52.6 Å². The van der Waals surface area contributed by atoms with Crippen molar-refractivity contribution in [3.8, 4) is 11.1 Å². The van der Waals surface area contributed by atoms with Gasteiger partial charge >= 0.3 is 0 Å². The molecule has 0 spiro atoms. The third kappa shape index (κ3) is 3.84. The van der Waals surface area contributed by atoms with Crippen LogP contribution >= 0.6 is 23.2 Å². The van der Waals surface area contributed by atoms with Crippen molar-refractivity contribution in [1.29, 1.82) is 0 Å². The van der Waals surface area contributed by atoms with E-state index in [9.17, 15) is 0 Å². The predicted molar refractivity (Wildman–Crippen MR) is 104 cm³/mol. The van der Waals surface area contributed by atoms with E-state index in [1.807, 2.05) is 30.3 Å². The predicted octanol–water partition coefficient (Wildman–Crippen LogP) is 7.06. The third-order valence-corrected chi connectivity index (χ3v) is 4.60. The Morgan fingerprint density at radius 2 is 1.22 bits per heavy atom.